The molecule has 3 amide bonds. The molecule has 0 N–H and O–H groups in total. The highest BCUT2D eigenvalue weighted by Gasteiger charge is 2.30. The molecule has 166 valence electrons. The number of hydrogen-bond acceptors (Lipinski definition) is 5. The molecule has 4 rings (SSSR count). The van der Waals surface area contributed by atoms with Gasteiger partial charge in [-0.25, -0.2) is 0 Å². The number of hydrogen-bond donors (Lipinski definition) is 0. The second-order valence-electron chi connectivity index (χ2n) is 7.03. The van der Waals surface area contributed by atoms with Crippen molar-refractivity contribution in [2.24, 2.45) is 4.99 Å². The van der Waals surface area contributed by atoms with Crippen LogP contribution in [0.2, 0.25) is 10.0 Å². The van der Waals surface area contributed by atoms with E-state index in [1.165, 1.54) is 17.4 Å². The van der Waals surface area contributed by atoms with Crippen LogP contribution in [0.4, 0.5) is 5.69 Å². The molecule has 2 aromatic carbocycles. The highest BCUT2D eigenvalue weighted by Crippen LogP contribution is 2.32. The summed E-state index contributed by atoms with van der Waals surface area (Å²) in [6.07, 6.45) is 0.346. The Bertz CT molecular complexity index is 1280. The zero-order chi connectivity index (χ0) is 22.8. The van der Waals surface area contributed by atoms with Crippen LogP contribution in [0.5, 0.6) is 0 Å². The van der Waals surface area contributed by atoms with E-state index in [2.05, 4.69) is 4.99 Å². The van der Waals surface area contributed by atoms with Crippen molar-refractivity contribution in [2.75, 3.05) is 18.1 Å². The molecule has 1 aromatic heterocycles. The fourth-order valence-electron chi connectivity index (χ4n) is 3.49. The van der Waals surface area contributed by atoms with Gasteiger partial charge >= 0.3 is 0 Å². The van der Waals surface area contributed by atoms with Crippen molar-refractivity contribution in [1.29, 1.82) is 0 Å². The van der Waals surface area contributed by atoms with Gasteiger partial charge in [0.05, 0.1) is 32.6 Å². The minimum Gasteiger partial charge on any atom is -0.380 e. The number of ether oxygens (including phenoxy) is 1. The van der Waals surface area contributed by atoms with Gasteiger partial charge in [-0.2, -0.15) is 4.99 Å². The monoisotopic (exact) mass is 491 g/mol. The Morgan fingerprint density at radius 3 is 2.62 bits per heavy atom. The lowest BCUT2D eigenvalue weighted by molar-refractivity contribution is -0.121. The molecular weight excluding hydrogens is 473 g/mol. The molecule has 0 spiro atoms. The first kappa shape index (κ1) is 22.7. The number of rotatable bonds is 6. The Kier molecular flexibility index (Phi) is 6.76. The zero-order valence-electron chi connectivity index (χ0n) is 17.1. The molecule has 0 aliphatic carbocycles. The summed E-state index contributed by atoms with van der Waals surface area (Å²) in [4.78, 5) is 43.0. The summed E-state index contributed by atoms with van der Waals surface area (Å²) in [6, 6.07) is 9.90. The van der Waals surface area contributed by atoms with Gasteiger partial charge in [-0.05, 0) is 37.3 Å². The summed E-state index contributed by atoms with van der Waals surface area (Å²) in [7, 11) is 0. The number of aromatic nitrogens is 1. The van der Waals surface area contributed by atoms with Crippen molar-refractivity contribution < 1.29 is 19.1 Å². The third-order valence-electron chi connectivity index (χ3n) is 5.00. The van der Waals surface area contributed by atoms with Gasteiger partial charge in [-0.15, -0.1) is 0 Å². The second-order valence-corrected chi connectivity index (χ2v) is 8.83. The zero-order valence-corrected chi connectivity index (χ0v) is 19.5. The van der Waals surface area contributed by atoms with Crippen molar-refractivity contribution in [3.8, 4) is 0 Å². The van der Waals surface area contributed by atoms with Gasteiger partial charge in [-0.1, -0.05) is 40.6 Å². The quantitative estimate of drug-likeness (QED) is 0.377. The second kappa shape index (κ2) is 9.54. The predicted octanol–water partition coefficient (Wildman–Crippen LogP) is 4.44. The Hall–Kier alpha value is -2.52. The number of amides is 3. The molecule has 10 heteroatoms. The third kappa shape index (κ3) is 4.36. The average Bonchev–Trinajstić information content (AvgIpc) is 3.30. The van der Waals surface area contributed by atoms with Crippen molar-refractivity contribution >= 4 is 68.2 Å². The lowest BCUT2D eigenvalue weighted by atomic mass is 10.2. The van der Waals surface area contributed by atoms with Crippen LogP contribution in [0.3, 0.4) is 0 Å². The van der Waals surface area contributed by atoms with Crippen LogP contribution in [0.15, 0.2) is 41.4 Å². The van der Waals surface area contributed by atoms with E-state index in [4.69, 9.17) is 27.9 Å². The predicted molar refractivity (Wildman–Crippen MR) is 124 cm³/mol. The largest absolute Gasteiger partial charge is 0.380 e. The van der Waals surface area contributed by atoms with Gasteiger partial charge < -0.3 is 9.30 Å². The lowest BCUT2D eigenvalue weighted by Crippen LogP contribution is -2.28. The topological polar surface area (TPSA) is 81.0 Å². The smallest absolute Gasteiger partial charge is 0.279 e. The molecule has 1 fully saturated rings. The summed E-state index contributed by atoms with van der Waals surface area (Å²) in [5, 5.41) is 0.798. The van der Waals surface area contributed by atoms with Crippen molar-refractivity contribution in [2.45, 2.75) is 26.3 Å². The van der Waals surface area contributed by atoms with Gasteiger partial charge in [0.2, 0.25) is 11.8 Å². The van der Waals surface area contributed by atoms with Crippen LogP contribution >= 0.6 is 34.5 Å². The van der Waals surface area contributed by atoms with Crippen molar-refractivity contribution in [3.63, 3.8) is 0 Å². The number of carbonyl (C=O) groups excluding carboxylic acids is 3. The van der Waals surface area contributed by atoms with E-state index < -0.39 is 5.91 Å². The van der Waals surface area contributed by atoms with Gasteiger partial charge in [-0.3, -0.25) is 19.3 Å². The van der Waals surface area contributed by atoms with Crippen LogP contribution < -0.4 is 9.70 Å². The Morgan fingerprint density at radius 2 is 1.91 bits per heavy atom. The highest BCUT2D eigenvalue weighted by molar-refractivity contribution is 7.16. The van der Waals surface area contributed by atoms with Gasteiger partial charge in [0.25, 0.3) is 5.91 Å². The van der Waals surface area contributed by atoms with E-state index in [0.29, 0.717) is 45.8 Å². The van der Waals surface area contributed by atoms with E-state index in [-0.39, 0.29) is 30.2 Å². The van der Waals surface area contributed by atoms with Crippen LogP contribution in [0.1, 0.15) is 30.1 Å². The van der Waals surface area contributed by atoms with E-state index in [0.717, 1.165) is 9.60 Å². The Balaban J connectivity index is 1.76. The lowest BCUT2D eigenvalue weighted by Gasteiger charge is -2.14. The molecule has 3 aromatic rings. The summed E-state index contributed by atoms with van der Waals surface area (Å²) >= 11 is 14.0. The van der Waals surface area contributed by atoms with Crippen molar-refractivity contribution in [1.82, 2.24) is 4.57 Å². The SMILES string of the molecule is CCOCCn1c(=NC(=O)c2cccc(N3C(=O)CCC3=O)c2)sc2ccc(Cl)c(Cl)c21. The molecular formula is C22H19Cl2N3O4S. The van der Waals surface area contributed by atoms with Crippen molar-refractivity contribution in [3.05, 3.63) is 56.8 Å². The number of thiazole rings is 1. The maximum atomic E-state index is 13.0. The summed E-state index contributed by atoms with van der Waals surface area (Å²) < 4.78 is 8.13. The fraction of sp³-hybridized carbons (Fsp3) is 0.273. The first-order chi connectivity index (χ1) is 15.4. The number of fused-ring (bicyclic) bond motifs is 1. The fourth-order valence-corrected chi connectivity index (χ4v) is 5.03. The first-order valence-electron chi connectivity index (χ1n) is 10.0. The molecule has 32 heavy (non-hydrogen) atoms. The Morgan fingerprint density at radius 1 is 1.16 bits per heavy atom. The van der Waals surface area contributed by atoms with Gasteiger partial charge in [0, 0.05) is 31.6 Å². The molecule has 1 aliphatic rings. The molecule has 0 unspecified atom stereocenters. The molecule has 1 aliphatic heterocycles. The Labute approximate surface area is 197 Å². The molecule has 0 bridgehead atoms. The third-order valence-corrected chi connectivity index (χ3v) is 6.84. The number of imide groups is 1. The van der Waals surface area contributed by atoms with Gasteiger partial charge in [0.1, 0.15) is 0 Å². The molecule has 0 radical (unpaired) electrons. The molecule has 1 saturated heterocycles. The van der Waals surface area contributed by atoms with E-state index >= 15 is 0 Å². The summed E-state index contributed by atoms with van der Waals surface area (Å²) in [5.41, 5.74) is 1.33. The standard InChI is InChI=1S/C22H19Cl2N3O4S/c1-2-31-11-10-26-20-16(7-6-15(23)19(20)24)32-22(26)25-21(30)13-4-3-5-14(12-13)27-17(28)8-9-18(27)29/h3-7,12H,2,8-11H2,1H3. The number of benzene rings is 2. The molecule has 0 saturated carbocycles. The van der Waals surface area contributed by atoms with E-state index in [1.54, 1.807) is 24.3 Å². The number of carbonyl (C=O) groups is 3. The number of nitrogens with zero attached hydrogens (tertiary/aromatic N) is 3. The van der Waals surface area contributed by atoms with Crippen LogP contribution in [0, 0.1) is 0 Å². The maximum Gasteiger partial charge on any atom is 0.279 e. The highest BCUT2D eigenvalue weighted by atomic mass is 35.5. The van der Waals surface area contributed by atoms with Crippen LogP contribution in [-0.2, 0) is 20.9 Å². The average molecular weight is 492 g/mol. The summed E-state index contributed by atoms with van der Waals surface area (Å²) in [5.74, 6) is -1.05. The number of anilines is 1. The van der Waals surface area contributed by atoms with Crippen LogP contribution in [-0.4, -0.2) is 35.5 Å². The minimum absolute atomic E-state index is 0.173. The first-order valence-corrected chi connectivity index (χ1v) is 11.6. The van der Waals surface area contributed by atoms with Gasteiger partial charge in [0.15, 0.2) is 4.80 Å². The van der Waals surface area contributed by atoms with E-state index in [1.807, 2.05) is 17.6 Å². The normalized spacial score (nSPS) is 14.7. The van der Waals surface area contributed by atoms with E-state index in [9.17, 15) is 14.4 Å². The number of halogens is 2. The van der Waals surface area contributed by atoms with Crippen LogP contribution in [0.25, 0.3) is 10.2 Å². The molecule has 0 atom stereocenters. The summed E-state index contributed by atoms with van der Waals surface area (Å²) in [6.45, 7) is 3.32. The maximum absolute atomic E-state index is 13.0. The molecule has 7 nitrogen and oxygen atoms in total. The minimum atomic E-state index is -0.495. The molecule has 2 heterocycles.